The lowest BCUT2D eigenvalue weighted by Gasteiger charge is -2.27. The molecule has 1 amide bonds. The number of carbonyl (C=O) groups is 2. The van der Waals surface area contributed by atoms with Crippen LogP contribution in [-0.2, 0) is 9.59 Å². The highest BCUT2D eigenvalue weighted by atomic mass is 16.5. The Kier molecular flexibility index (Phi) is 4.53. The predicted octanol–water partition coefficient (Wildman–Crippen LogP) is 1.74. The van der Waals surface area contributed by atoms with Gasteiger partial charge in [0.05, 0.1) is 0 Å². The van der Waals surface area contributed by atoms with E-state index in [-0.39, 0.29) is 0 Å². The molecule has 1 rings (SSSR count). The number of ether oxygens (including phenoxy) is 1. The fraction of sp³-hybridized carbons (Fsp3) is 0.429. The van der Waals surface area contributed by atoms with Gasteiger partial charge >= 0.3 is 5.97 Å². The highest BCUT2D eigenvalue weighted by Crippen LogP contribution is 2.22. The van der Waals surface area contributed by atoms with E-state index in [0.717, 1.165) is 5.56 Å². The highest BCUT2D eigenvalue weighted by molar-refractivity contribution is 5.88. The molecule has 0 aromatic heterocycles. The van der Waals surface area contributed by atoms with Gasteiger partial charge in [-0.05, 0) is 39.3 Å². The van der Waals surface area contributed by atoms with Crippen molar-refractivity contribution < 1.29 is 19.4 Å². The molecule has 0 radical (unpaired) electrons. The zero-order valence-corrected chi connectivity index (χ0v) is 11.6. The molecule has 1 aromatic rings. The van der Waals surface area contributed by atoms with Crippen molar-refractivity contribution in [1.82, 2.24) is 5.32 Å². The number of carboxylic acid groups (broad SMARTS) is 1. The maximum absolute atomic E-state index is 12.0. The molecule has 1 aromatic carbocycles. The third kappa shape index (κ3) is 3.98. The summed E-state index contributed by atoms with van der Waals surface area (Å²) >= 11 is 0. The van der Waals surface area contributed by atoms with Crippen LogP contribution in [-0.4, -0.2) is 28.6 Å². The van der Waals surface area contributed by atoms with E-state index in [2.05, 4.69) is 5.32 Å². The minimum atomic E-state index is -1.14. The highest BCUT2D eigenvalue weighted by Gasteiger charge is 2.32. The normalized spacial score (nSPS) is 12.6. The number of rotatable bonds is 5. The summed E-state index contributed by atoms with van der Waals surface area (Å²) in [7, 11) is 0. The summed E-state index contributed by atoms with van der Waals surface area (Å²) < 4.78 is 5.67. The van der Waals surface area contributed by atoms with Gasteiger partial charge in [-0.3, -0.25) is 9.59 Å². The first kappa shape index (κ1) is 15.0. The van der Waals surface area contributed by atoms with Crippen LogP contribution in [0, 0.1) is 6.92 Å². The van der Waals surface area contributed by atoms with Gasteiger partial charge < -0.3 is 15.2 Å². The molecular weight excluding hydrogens is 246 g/mol. The van der Waals surface area contributed by atoms with Gasteiger partial charge in [-0.25, -0.2) is 0 Å². The Morgan fingerprint density at radius 3 is 2.42 bits per heavy atom. The van der Waals surface area contributed by atoms with E-state index in [9.17, 15) is 9.59 Å². The van der Waals surface area contributed by atoms with Crippen molar-refractivity contribution in [2.45, 2.75) is 39.3 Å². The molecule has 1 unspecified atom stereocenters. The summed E-state index contributed by atoms with van der Waals surface area (Å²) in [6.07, 6.45) is 0. The predicted molar refractivity (Wildman–Crippen MR) is 71.1 cm³/mol. The van der Waals surface area contributed by atoms with E-state index in [1.54, 1.807) is 19.9 Å². The van der Waals surface area contributed by atoms with Crippen molar-refractivity contribution in [2.75, 3.05) is 0 Å². The van der Waals surface area contributed by atoms with Gasteiger partial charge in [0.1, 0.15) is 11.8 Å². The first-order chi connectivity index (χ1) is 8.74. The van der Waals surface area contributed by atoms with Gasteiger partial charge in [0.15, 0.2) is 5.60 Å². The topological polar surface area (TPSA) is 75.6 Å². The maximum Gasteiger partial charge on any atom is 0.325 e. The van der Waals surface area contributed by atoms with E-state index in [0.29, 0.717) is 5.75 Å². The van der Waals surface area contributed by atoms with Gasteiger partial charge in [-0.15, -0.1) is 0 Å². The Bertz CT molecular complexity index is 482. The van der Waals surface area contributed by atoms with E-state index in [1.807, 2.05) is 25.1 Å². The Labute approximate surface area is 112 Å². The molecule has 0 aliphatic rings. The Balaban J connectivity index is 2.78. The molecule has 0 spiro atoms. The fourth-order valence-corrected chi connectivity index (χ4v) is 1.42. The zero-order chi connectivity index (χ0) is 14.6. The Morgan fingerprint density at radius 1 is 1.32 bits per heavy atom. The van der Waals surface area contributed by atoms with Gasteiger partial charge in [0.2, 0.25) is 0 Å². The summed E-state index contributed by atoms with van der Waals surface area (Å²) in [5.41, 5.74) is -0.231. The molecule has 0 aliphatic heterocycles. The number of hydrogen-bond acceptors (Lipinski definition) is 3. The maximum atomic E-state index is 12.0. The van der Waals surface area contributed by atoms with Crippen LogP contribution in [0.3, 0.4) is 0 Å². The molecule has 0 bridgehead atoms. The summed E-state index contributed by atoms with van der Waals surface area (Å²) in [5.74, 6) is -0.948. The van der Waals surface area contributed by atoms with Crippen molar-refractivity contribution in [3.63, 3.8) is 0 Å². The molecule has 19 heavy (non-hydrogen) atoms. The SMILES string of the molecule is Cc1ccccc1OC(C)(C)C(=O)NC(C)C(=O)O. The summed E-state index contributed by atoms with van der Waals surface area (Å²) in [4.78, 5) is 22.7. The average molecular weight is 265 g/mol. The van der Waals surface area contributed by atoms with Crippen LogP contribution in [0.2, 0.25) is 0 Å². The molecule has 0 fully saturated rings. The second-order valence-electron chi connectivity index (χ2n) is 4.91. The smallest absolute Gasteiger partial charge is 0.325 e. The second kappa shape index (κ2) is 5.73. The summed E-state index contributed by atoms with van der Waals surface area (Å²) in [5, 5.41) is 11.2. The third-order valence-electron chi connectivity index (χ3n) is 2.72. The number of carboxylic acids is 1. The van der Waals surface area contributed by atoms with Crippen molar-refractivity contribution in [3.8, 4) is 5.75 Å². The van der Waals surface area contributed by atoms with Crippen molar-refractivity contribution in [3.05, 3.63) is 29.8 Å². The quantitative estimate of drug-likeness (QED) is 0.850. The largest absolute Gasteiger partial charge is 0.480 e. The van der Waals surface area contributed by atoms with E-state index < -0.39 is 23.5 Å². The molecule has 0 heterocycles. The minimum absolute atomic E-state index is 0.467. The molecule has 0 saturated heterocycles. The van der Waals surface area contributed by atoms with E-state index in [4.69, 9.17) is 9.84 Å². The number of carbonyl (C=O) groups excluding carboxylic acids is 1. The molecule has 0 saturated carbocycles. The standard InChI is InChI=1S/C14H19NO4/c1-9-7-5-6-8-11(9)19-14(3,4)13(18)15-10(2)12(16)17/h5-8,10H,1-4H3,(H,15,18)(H,16,17). The monoisotopic (exact) mass is 265 g/mol. The molecule has 104 valence electrons. The first-order valence-corrected chi connectivity index (χ1v) is 6.02. The molecule has 2 N–H and O–H groups in total. The van der Waals surface area contributed by atoms with E-state index in [1.165, 1.54) is 6.92 Å². The van der Waals surface area contributed by atoms with Crippen LogP contribution in [0.4, 0.5) is 0 Å². The van der Waals surface area contributed by atoms with Crippen molar-refractivity contribution in [2.24, 2.45) is 0 Å². The van der Waals surface area contributed by atoms with Crippen molar-refractivity contribution in [1.29, 1.82) is 0 Å². The third-order valence-corrected chi connectivity index (χ3v) is 2.72. The van der Waals surface area contributed by atoms with Crippen LogP contribution >= 0.6 is 0 Å². The number of aryl methyl sites for hydroxylation is 1. The minimum Gasteiger partial charge on any atom is -0.480 e. The second-order valence-corrected chi connectivity index (χ2v) is 4.91. The zero-order valence-electron chi connectivity index (χ0n) is 11.6. The van der Waals surface area contributed by atoms with Crippen molar-refractivity contribution >= 4 is 11.9 Å². The number of aliphatic carboxylic acids is 1. The molecule has 5 heteroatoms. The molecule has 1 atom stereocenters. The van der Waals surface area contributed by atoms with E-state index >= 15 is 0 Å². The van der Waals surface area contributed by atoms with Gasteiger partial charge in [-0.1, -0.05) is 18.2 Å². The number of nitrogens with one attached hydrogen (secondary N) is 1. The number of para-hydroxylation sites is 1. The van der Waals surface area contributed by atoms with Gasteiger partial charge in [0.25, 0.3) is 5.91 Å². The summed E-state index contributed by atoms with van der Waals surface area (Å²) in [6, 6.07) is 6.39. The number of benzene rings is 1. The first-order valence-electron chi connectivity index (χ1n) is 6.02. The Hall–Kier alpha value is -2.04. The number of amides is 1. The van der Waals surface area contributed by atoms with Crippen LogP contribution < -0.4 is 10.1 Å². The lowest BCUT2D eigenvalue weighted by molar-refractivity contribution is -0.144. The van der Waals surface area contributed by atoms with Crippen LogP contribution in [0.5, 0.6) is 5.75 Å². The van der Waals surface area contributed by atoms with Crippen LogP contribution in [0.15, 0.2) is 24.3 Å². The molecular formula is C14H19NO4. The van der Waals surface area contributed by atoms with Crippen LogP contribution in [0.1, 0.15) is 26.3 Å². The Morgan fingerprint density at radius 2 is 1.89 bits per heavy atom. The lowest BCUT2D eigenvalue weighted by Crippen LogP contribution is -2.51. The van der Waals surface area contributed by atoms with Crippen LogP contribution in [0.25, 0.3) is 0 Å². The lowest BCUT2D eigenvalue weighted by atomic mass is 10.1. The number of hydrogen-bond donors (Lipinski definition) is 2. The molecule has 0 aliphatic carbocycles. The molecule has 5 nitrogen and oxygen atoms in total. The average Bonchev–Trinajstić information content (AvgIpc) is 2.31. The summed E-state index contributed by atoms with van der Waals surface area (Å²) in [6.45, 7) is 6.49. The fourth-order valence-electron chi connectivity index (χ4n) is 1.42. The van der Waals surface area contributed by atoms with Gasteiger partial charge in [0, 0.05) is 0 Å². The van der Waals surface area contributed by atoms with Gasteiger partial charge in [-0.2, -0.15) is 0 Å².